The first-order chi connectivity index (χ1) is 19.8. The molecule has 1 aliphatic heterocycles. The molecular formula is C31H28ClN3O6. The molecule has 41 heavy (non-hydrogen) atoms. The molecule has 210 valence electrons. The minimum Gasteiger partial charge on any atom is -0.497 e. The standard InChI is InChI=1S/C31H28ClN3O6/c1-40-20-12-14-26(41-2)22(16-20)25-17-24(34-35(25)27(36)9-6-10-28(37)38)30-29(18-7-4-3-5-8-18)21-15-19(32)11-13-23(21)33-31(30)39/h3-5,7-8,11-16,25H,6,9-10,17H2,1-2H3,(H,33,39)(H,37,38)/t25-/m1/s1. The van der Waals surface area contributed by atoms with Crippen LogP contribution < -0.4 is 15.0 Å². The molecule has 3 aromatic carbocycles. The Kier molecular flexibility index (Phi) is 8.07. The zero-order valence-corrected chi connectivity index (χ0v) is 23.3. The summed E-state index contributed by atoms with van der Waals surface area (Å²) in [6.45, 7) is 0. The highest BCUT2D eigenvalue weighted by atomic mass is 35.5. The molecule has 2 N–H and O–H groups in total. The number of aliphatic carboxylic acids is 1. The van der Waals surface area contributed by atoms with Crippen molar-refractivity contribution in [2.24, 2.45) is 5.10 Å². The number of hydrazone groups is 1. The number of pyridine rings is 1. The van der Waals surface area contributed by atoms with E-state index in [4.69, 9.17) is 31.3 Å². The quantitative estimate of drug-likeness (QED) is 0.261. The maximum atomic E-state index is 13.7. The third kappa shape index (κ3) is 5.67. The van der Waals surface area contributed by atoms with Crippen LogP contribution in [0.4, 0.5) is 0 Å². The summed E-state index contributed by atoms with van der Waals surface area (Å²) < 4.78 is 11.1. The van der Waals surface area contributed by atoms with Crippen molar-refractivity contribution in [3.05, 3.63) is 93.2 Å². The molecule has 0 unspecified atom stereocenters. The summed E-state index contributed by atoms with van der Waals surface area (Å²) >= 11 is 6.39. The SMILES string of the molecule is COc1ccc(OC)c([C@H]2CC(c3c(-c4ccccc4)c4cc(Cl)ccc4[nH]c3=O)=NN2C(=O)CCCC(=O)O)c1. The Balaban J connectivity index is 1.69. The van der Waals surface area contributed by atoms with Gasteiger partial charge in [0.1, 0.15) is 11.5 Å². The van der Waals surface area contributed by atoms with Gasteiger partial charge in [-0.25, -0.2) is 5.01 Å². The van der Waals surface area contributed by atoms with Crippen LogP contribution in [-0.2, 0) is 9.59 Å². The van der Waals surface area contributed by atoms with Crippen molar-refractivity contribution in [3.8, 4) is 22.6 Å². The smallest absolute Gasteiger partial charge is 0.303 e. The highest BCUT2D eigenvalue weighted by Gasteiger charge is 2.37. The number of benzene rings is 3. The summed E-state index contributed by atoms with van der Waals surface area (Å²) in [5.41, 5.74) is 3.11. The maximum absolute atomic E-state index is 13.7. The molecule has 10 heteroatoms. The van der Waals surface area contributed by atoms with Gasteiger partial charge < -0.3 is 19.6 Å². The number of hydrogen-bond acceptors (Lipinski definition) is 6. The van der Waals surface area contributed by atoms with Crippen molar-refractivity contribution < 1.29 is 24.2 Å². The fourth-order valence-electron chi connectivity index (χ4n) is 5.18. The van der Waals surface area contributed by atoms with Crippen molar-refractivity contribution in [3.63, 3.8) is 0 Å². The molecule has 0 fully saturated rings. The van der Waals surface area contributed by atoms with Gasteiger partial charge in [0, 0.05) is 46.3 Å². The largest absolute Gasteiger partial charge is 0.497 e. The number of carboxylic acid groups (broad SMARTS) is 1. The highest BCUT2D eigenvalue weighted by molar-refractivity contribution is 6.31. The van der Waals surface area contributed by atoms with Crippen molar-refractivity contribution in [1.82, 2.24) is 9.99 Å². The summed E-state index contributed by atoms with van der Waals surface area (Å²) in [5, 5.41) is 16.4. The van der Waals surface area contributed by atoms with Crippen LogP contribution in [0.1, 0.15) is 42.9 Å². The van der Waals surface area contributed by atoms with Gasteiger partial charge in [0.05, 0.1) is 31.5 Å². The van der Waals surface area contributed by atoms with Crippen LogP contribution in [0.25, 0.3) is 22.0 Å². The predicted molar refractivity (Wildman–Crippen MR) is 157 cm³/mol. The van der Waals surface area contributed by atoms with Crippen LogP contribution in [0.3, 0.4) is 0 Å². The highest BCUT2D eigenvalue weighted by Crippen LogP contribution is 2.41. The summed E-state index contributed by atoms with van der Waals surface area (Å²) in [6.07, 6.45) is 0.193. The van der Waals surface area contributed by atoms with Crippen molar-refractivity contribution in [2.45, 2.75) is 31.7 Å². The molecule has 0 bridgehead atoms. The topological polar surface area (TPSA) is 121 Å². The number of aromatic amines is 1. The van der Waals surface area contributed by atoms with Crippen LogP contribution in [0, 0.1) is 0 Å². The van der Waals surface area contributed by atoms with E-state index >= 15 is 0 Å². The molecule has 0 radical (unpaired) electrons. The number of rotatable bonds is 9. The van der Waals surface area contributed by atoms with Gasteiger partial charge in [0.15, 0.2) is 0 Å². The number of nitrogens with zero attached hydrogens (tertiary/aromatic N) is 2. The molecule has 1 amide bonds. The first-order valence-corrected chi connectivity index (χ1v) is 13.4. The number of carboxylic acids is 1. The molecule has 2 heterocycles. The van der Waals surface area contributed by atoms with Crippen LogP contribution in [-0.4, -0.2) is 46.9 Å². The monoisotopic (exact) mass is 573 g/mol. The van der Waals surface area contributed by atoms with Gasteiger partial charge in [-0.1, -0.05) is 41.9 Å². The fourth-order valence-corrected chi connectivity index (χ4v) is 5.36. The minimum absolute atomic E-state index is 0.0267. The average molecular weight is 574 g/mol. The van der Waals surface area contributed by atoms with Crippen molar-refractivity contribution in [2.75, 3.05) is 14.2 Å². The molecule has 1 aromatic heterocycles. The van der Waals surface area contributed by atoms with E-state index in [0.29, 0.717) is 44.4 Å². The first kappa shape index (κ1) is 27.9. The van der Waals surface area contributed by atoms with E-state index < -0.39 is 12.0 Å². The van der Waals surface area contributed by atoms with Gasteiger partial charge in [0.25, 0.3) is 5.56 Å². The molecule has 0 spiro atoms. The van der Waals surface area contributed by atoms with E-state index in [1.807, 2.05) is 30.3 Å². The number of amides is 1. The number of ether oxygens (including phenoxy) is 2. The van der Waals surface area contributed by atoms with E-state index in [1.165, 1.54) is 12.1 Å². The van der Waals surface area contributed by atoms with Crippen molar-refractivity contribution >= 4 is 40.1 Å². The number of halogens is 1. The molecule has 4 aromatic rings. The van der Waals surface area contributed by atoms with E-state index in [9.17, 15) is 14.4 Å². The third-order valence-corrected chi connectivity index (χ3v) is 7.31. The lowest BCUT2D eigenvalue weighted by molar-refractivity contribution is -0.137. The number of carbonyl (C=O) groups excluding carboxylic acids is 1. The lowest BCUT2D eigenvalue weighted by Crippen LogP contribution is -2.27. The Morgan fingerprint density at radius 1 is 1.02 bits per heavy atom. The van der Waals surface area contributed by atoms with E-state index in [0.717, 1.165) is 10.9 Å². The second-order valence-electron chi connectivity index (χ2n) is 9.62. The van der Waals surface area contributed by atoms with E-state index in [-0.39, 0.29) is 37.1 Å². The van der Waals surface area contributed by atoms with Gasteiger partial charge >= 0.3 is 5.97 Å². The Labute approximate surface area is 241 Å². The van der Waals surface area contributed by atoms with Crippen LogP contribution in [0.2, 0.25) is 5.02 Å². The van der Waals surface area contributed by atoms with E-state index in [1.54, 1.807) is 43.5 Å². The average Bonchev–Trinajstić information content (AvgIpc) is 3.41. The third-order valence-electron chi connectivity index (χ3n) is 7.07. The van der Waals surface area contributed by atoms with Crippen LogP contribution in [0.5, 0.6) is 11.5 Å². The molecule has 1 atom stereocenters. The summed E-state index contributed by atoms with van der Waals surface area (Å²) in [4.78, 5) is 41.2. The molecule has 0 aliphatic carbocycles. The Morgan fingerprint density at radius 3 is 2.51 bits per heavy atom. The number of aromatic nitrogens is 1. The van der Waals surface area contributed by atoms with Crippen LogP contribution >= 0.6 is 11.6 Å². The first-order valence-electron chi connectivity index (χ1n) is 13.0. The van der Waals surface area contributed by atoms with E-state index in [2.05, 4.69) is 4.98 Å². The summed E-state index contributed by atoms with van der Waals surface area (Å²) in [7, 11) is 3.08. The number of fused-ring (bicyclic) bond motifs is 1. The zero-order valence-electron chi connectivity index (χ0n) is 22.5. The Morgan fingerprint density at radius 2 is 1.80 bits per heavy atom. The molecular weight excluding hydrogens is 546 g/mol. The fraction of sp³-hybridized carbons (Fsp3) is 0.226. The minimum atomic E-state index is -0.983. The van der Waals surface area contributed by atoms with Gasteiger partial charge in [0.2, 0.25) is 5.91 Å². The zero-order chi connectivity index (χ0) is 29.1. The Hall–Kier alpha value is -4.63. The molecule has 1 aliphatic rings. The van der Waals surface area contributed by atoms with Crippen molar-refractivity contribution in [1.29, 1.82) is 0 Å². The number of nitrogens with one attached hydrogen (secondary N) is 1. The molecule has 0 saturated heterocycles. The predicted octanol–water partition coefficient (Wildman–Crippen LogP) is 5.80. The van der Waals surface area contributed by atoms with Gasteiger partial charge in [-0.3, -0.25) is 14.4 Å². The summed E-state index contributed by atoms with van der Waals surface area (Å²) in [5.74, 6) is -0.255. The second-order valence-corrected chi connectivity index (χ2v) is 10.1. The molecule has 5 rings (SSSR count). The van der Waals surface area contributed by atoms with Gasteiger partial charge in [-0.2, -0.15) is 5.10 Å². The number of methoxy groups -OCH3 is 2. The normalized spacial score (nSPS) is 14.7. The summed E-state index contributed by atoms with van der Waals surface area (Å²) in [6, 6.07) is 19.4. The lowest BCUT2D eigenvalue weighted by atomic mass is 9.90. The van der Waals surface area contributed by atoms with Gasteiger partial charge in [-0.05, 0) is 48.4 Å². The van der Waals surface area contributed by atoms with Gasteiger partial charge in [-0.15, -0.1) is 0 Å². The van der Waals surface area contributed by atoms with Crippen LogP contribution in [0.15, 0.2) is 76.6 Å². The number of H-pyrrole nitrogens is 1. The molecule has 0 saturated carbocycles. The lowest BCUT2D eigenvalue weighted by Gasteiger charge is -2.24. The maximum Gasteiger partial charge on any atom is 0.303 e. The molecule has 9 nitrogen and oxygen atoms in total. The second kappa shape index (κ2) is 11.9. The Bertz CT molecular complexity index is 1720. The number of carbonyl (C=O) groups is 2. The number of hydrogen-bond donors (Lipinski definition) is 2.